The van der Waals surface area contributed by atoms with Crippen LogP contribution in [0.5, 0.6) is 5.75 Å². The summed E-state index contributed by atoms with van der Waals surface area (Å²) in [5.74, 6) is 1.51. The number of likely N-dealkylation sites (N-methyl/N-ethyl adjacent to an activating group) is 1. The monoisotopic (exact) mass is 384 g/mol. The Morgan fingerprint density at radius 1 is 0.964 bits per heavy atom. The molecular formula is C22H32N4O2. The van der Waals surface area contributed by atoms with Gasteiger partial charge in [-0.2, -0.15) is 0 Å². The van der Waals surface area contributed by atoms with Gasteiger partial charge in [0.2, 0.25) is 0 Å². The maximum absolute atomic E-state index is 12.4. The Balaban J connectivity index is 1.88. The Morgan fingerprint density at radius 2 is 1.64 bits per heavy atom. The lowest BCUT2D eigenvalue weighted by Gasteiger charge is -2.19. The third-order valence-electron chi connectivity index (χ3n) is 4.78. The van der Waals surface area contributed by atoms with Crippen LogP contribution in [0.3, 0.4) is 0 Å². The van der Waals surface area contributed by atoms with Crippen LogP contribution in [0.2, 0.25) is 0 Å². The molecule has 28 heavy (non-hydrogen) atoms. The molecule has 0 aliphatic carbocycles. The minimum Gasteiger partial charge on any atom is -0.492 e. The van der Waals surface area contributed by atoms with Gasteiger partial charge in [-0.3, -0.25) is 4.79 Å². The predicted molar refractivity (Wildman–Crippen MR) is 115 cm³/mol. The quantitative estimate of drug-likeness (QED) is 0.637. The van der Waals surface area contributed by atoms with Crippen LogP contribution in [0.4, 0.5) is 11.5 Å². The van der Waals surface area contributed by atoms with Crippen molar-refractivity contribution in [1.82, 2.24) is 9.88 Å². The molecule has 0 unspecified atom stereocenters. The van der Waals surface area contributed by atoms with Crippen molar-refractivity contribution in [2.45, 2.75) is 27.7 Å². The van der Waals surface area contributed by atoms with Crippen molar-refractivity contribution < 1.29 is 9.53 Å². The number of nitrogens with one attached hydrogen (secondary N) is 1. The van der Waals surface area contributed by atoms with Gasteiger partial charge in [-0.05, 0) is 63.3 Å². The average Bonchev–Trinajstić information content (AvgIpc) is 2.74. The molecule has 2 rings (SSSR count). The number of nitrogens with zero attached hydrogens (tertiary/aromatic N) is 3. The zero-order chi connectivity index (χ0) is 20.4. The molecular weight excluding hydrogens is 352 g/mol. The summed E-state index contributed by atoms with van der Waals surface area (Å²) in [5, 5.41) is 2.90. The van der Waals surface area contributed by atoms with Crippen molar-refractivity contribution in [3.63, 3.8) is 0 Å². The van der Waals surface area contributed by atoms with Crippen molar-refractivity contribution >= 4 is 17.4 Å². The van der Waals surface area contributed by atoms with Crippen molar-refractivity contribution in [2.24, 2.45) is 0 Å². The minimum absolute atomic E-state index is 0.172. The average molecular weight is 385 g/mol. The summed E-state index contributed by atoms with van der Waals surface area (Å²) in [5.41, 5.74) is 1.27. The minimum atomic E-state index is -0.172. The molecule has 1 aromatic carbocycles. The van der Waals surface area contributed by atoms with Gasteiger partial charge < -0.3 is 19.9 Å². The Hall–Kier alpha value is -2.60. The molecule has 0 saturated carbocycles. The van der Waals surface area contributed by atoms with E-state index in [2.05, 4.69) is 47.8 Å². The van der Waals surface area contributed by atoms with Gasteiger partial charge in [0.05, 0.1) is 5.56 Å². The maximum atomic E-state index is 12.4. The number of anilines is 2. The highest BCUT2D eigenvalue weighted by molar-refractivity contribution is 6.04. The van der Waals surface area contributed by atoms with E-state index in [1.165, 1.54) is 0 Å². The molecule has 6 heteroatoms. The number of hydrogen-bond donors (Lipinski definition) is 1. The molecule has 0 spiro atoms. The summed E-state index contributed by atoms with van der Waals surface area (Å²) in [4.78, 5) is 21.3. The van der Waals surface area contributed by atoms with E-state index in [4.69, 9.17) is 4.74 Å². The van der Waals surface area contributed by atoms with Crippen LogP contribution >= 0.6 is 0 Å². The zero-order valence-electron chi connectivity index (χ0n) is 17.4. The molecule has 1 amide bonds. The summed E-state index contributed by atoms with van der Waals surface area (Å²) in [7, 11) is 0. The lowest BCUT2D eigenvalue weighted by atomic mass is 10.2. The molecule has 1 N–H and O–H groups in total. The topological polar surface area (TPSA) is 57.7 Å². The summed E-state index contributed by atoms with van der Waals surface area (Å²) >= 11 is 0. The van der Waals surface area contributed by atoms with Gasteiger partial charge in [0.25, 0.3) is 5.91 Å². The van der Waals surface area contributed by atoms with Gasteiger partial charge in [0, 0.05) is 31.5 Å². The second-order valence-corrected chi connectivity index (χ2v) is 6.43. The lowest BCUT2D eigenvalue weighted by Crippen LogP contribution is -2.27. The molecule has 1 aromatic heterocycles. The smallest absolute Gasteiger partial charge is 0.257 e. The molecule has 0 aliphatic heterocycles. The van der Waals surface area contributed by atoms with Crippen molar-refractivity contribution in [1.29, 1.82) is 0 Å². The molecule has 2 aromatic rings. The largest absolute Gasteiger partial charge is 0.492 e. The van der Waals surface area contributed by atoms with Gasteiger partial charge in [0.15, 0.2) is 0 Å². The number of benzene rings is 1. The van der Waals surface area contributed by atoms with E-state index in [0.717, 1.165) is 50.0 Å². The second-order valence-electron chi connectivity index (χ2n) is 6.43. The SMILES string of the molecule is CCN(CC)CCOc1ccc(NC(=O)c2ccc(N(CC)CC)nc2)cc1. The van der Waals surface area contributed by atoms with Gasteiger partial charge in [-0.25, -0.2) is 4.98 Å². The van der Waals surface area contributed by atoms with Crippen LogP contribution in [0, 0.1) is 0 Å². The fourth-order valence-corrected chi connectivity index (χ4v) is 2.93. The number of pyridine rings is 1. The third-order valence-corrected chi connectivity index (χ3v) is 4.78. The predicted octanol–water partition coefficient (Wildman–Crippen LogP) is 3.90. The Kier molecular flexibility index (Phi) is 8.75. The molecule has 0 saturated heterocycles. The Labute approximate surface area is 168 Å². The van der Waals surface area contributed by atoms with E-state index in [1.807, 2.05) is 30.3 Å². The van der Waals surface area contributed by atoms with Crippen LogP contribution in [-0.2, 0) is 0 Å². The van der Waals surface area contributed by atoms with E-state index in [0.29, 0.717) is 12.2 Å². The van der Waals surface area contributed by atoms with E-state index in [-0.39, 0.29) is 5.91 Å². The molecule has 0 fully saturated rings. The number of ether oxygens (including phenoxy) is 1. The van der Waals surface area contributed by atoms with E-state index in [1.54, 1.807) is 12.3 Å². The zero-order valence-corrected chi connectivity index (χ0v) is 17.4. The van der Waals surface area contributed by atoms with Crippen LogP contribution in [0.15, 0.2) is 42.6 Å². The summed E-state index contributed by atoms with van der Waals surface area (Å²) < 4.78 is 5.77. The van der Waals surface area contributed by atoms with Crippen molar-refractivity contribution in [3.8, 4) is 5.75 Å². The molecule has 0 bridgehead atoms. The summed E-state index contributed by atoms with van der Waals surface area (Å²) in [6.45, 7) is 13.8. The summed E-state index contributed by atoms with van der Waals surface area (Å²) in [6, 6.07) is 11.1. The van der Waals surface area contributed by atoms with Gasteiger partial charge in [-0.1, -0.05) is 13.8 Å². The van der Waals surface area contributed by atoms with Gasteiger partial charge in [-0.15, -0.1) is 0 Å². The summed E-state index contributed by atoms with van der Waals surface area (Å²) in [6.07, 6.45) is 1.62. The second kappa shape index (κ2) is 11.3. The molecule has 0 atom stereocenters. The van der Waals surface area contributed by atoms with Crippen molar-refractivity contribution in [2.75, 3.05) is 49.5 Å². The van der Waals surface area contributed by atoms with Gasteiger partial charge >= 0.3 is 0 Å². The third kappa shape index (κ3) is 6.23. The normalized spacial score (nSPS) is 10.8. The van der Waals surface area contributed by atoms with Crippen molar-refractivity contribution in [3.05, 3.63) is 48.2 Å². The first kappa shape index (κ1) is 21.7. The van der Waals surface area contributed by atoms with Crippen LogP contribution in [0.1, 0.15) is 38.1 Å². The fraction of sp³-hybridized carbons (Fsp3) is 0.455. The number of amides is 1. The highest BCUT2D eigenvalue weighted by Gasteiger charge is 2.09. The number of aromatic nitrogens is 1. The standard InChI is InChI=1S/C22H32N4O2/c1-5-25(6-2)15-16-28-20-12-10-19(11-13-20)24-22(27)18-9-14-21(23-17-18)26(7-3)8-4/h9-14,17H,5-8,15-16H2,1-4H3,(H,24,27). The van der Waals surface area contributed by atoms with Crippen LogP contribution < -0.4 is 15.0 Å². The molecule has 0 aliphatic rings. The van der Waals surface area contributed by atoms with Gasteiger partial charge in [0.1, 0.15) is 18.2 Å². The van der Waals surface area contributed by atoms with E-state index in [9.17, 15) is 4.79 Å². The molecule has 0 radical (unpaired) electrons. The first-order valence-electron chi connectivity index (χ1n) is 10.1. The first-order chi connectivity index (χ1) is 13.6. The molecule has 6 nitrogen and oxygen atoms in total. The van der Waals surface area contributed by atoms with E-state index < -0.39 is 0 Å². The number of hydrogen-bond acceptors (Lipinski definition) is 5. The van der Waals surface area contributed by atoms with Crippen LogP contribution in [-0.4, -0.2) is 55.1 Å². The fourth-order valence-electron chi connectivity index (χ4n) is 2.93. The lowest BCUT2D eigenvalue weighted by molar-refractivity contribution is 0.102. The Morgan fingerprint density at radius 3 is 2.18 bits per heavy atom. The number of carbonyl (C=O) groups excluding carboxylic acids is 1. The highest BCUT2D eigenvalue weighted by atomic mass is 16.5. The first-order valence-corrected chi connectivity index (χ1v) is 10.1. The molecule has 152 valence electrons. The molecule has 1 heterocycles. The number of carbonyl (C=O) groups is 1. The van der Waals surface area contributed by atoms with E-state index >= 15 is 0 Å². The number of rotatable bonds is 11. The van der Waals surface area contributed by atoms with Crippen LogP contribution in [0.25, 0.3) is 0 Å². The maximum Gasteiger partial charge on any atom is 0.257 e. The highest BCUT2D eigenvalue weighted by Crippen LogP contribution is 2.17. The Bertz CT molecular complexity index is 708.